The summed E-state index contributed by atoms with van der Waals surface area (Å²) in [5, 5.41) is 0. The standard InChI is InChI=1S/C14H22O/c1-11(2)7-5-9-14(4)10-6-8-12(3)13(14)15/h5,7,9,12H,6,8,10H2,1-4H3/b9-5+/t12-,14-/m0/s1. The van der Waals surface area contributed by atoms with Gasteiger partial charge in [-0.25, -0.2) is 0 Å². The second-order valence-electron chi connectivity index (χ2n) is 5.18. The van der Waals surface area contributed by atoms with E-state index in [1.807, 2.05) is 6.08 Å². The Labute approximate surface area is 93.3 Å². The molecule has 1 saturated carbocycles. The van der Waals surface area contributed by atoms with E-state index in [0.29, 0.717) is 5.78 Å². The highest BCUT2D eigenvalue weighted by molar-refractivity contribution is 5.88. The highest BCUT2D eigenvalue weighted by Crippen LogP contribution is 2.36. The van der Waals surface area contributed by atoms with E-state index in [9.17, 15) is 4.79 Å². The molecule has 1 aliphatic carbocycles. The first-order valence-electron chi connectivity index (χ1n) is 5.83. The average molecular weight is 206 g/mol. The van der Waals surface area contributed by atoms with Crippen LogP contribution in [0.2, 0.25) is 0 Å². The molecular formula is C14H22O. The van der Waals surface area contributed by atoms with Gasteiger partial charge in [-0.3, -0.25) is 4.79 Å². The first-order chi connectivity index (χ1) is 6.96. The summed E-state index contributed by atoms with van der Waals surface area (Å²) in [4.78, 5) is 12.1. The van der Waals surface area contributed by atoms with Crippen LogP contribution in [-0.4, -0.2) is 5.78 Å². The van der Waals surface area contributed by atoms with Crippen molar-refractivity contribution >= 4 is 5.78 Å². The van der Waals surface area contributed by atoms with Gasteiger partial charge >= 0.3 is 0 Å². The maximum absolute atomic E-state index is 12.1. The summed E-state index contributed by atoms with van der Waals surface area (Å²) in [7, 11) is 0. The lowest BCUT2D eigenvalue weighted by Gasteiger charge is -2.32. The van der Waals surface area contributed by atoms with E-state index in [1.54, 1.807) is 0 Å². The smallest absolute Gasteiger partial charge is 0.145 e. The van der Waals surface area contributed by atoms with Crippen LogP contribution in [-0.2, 0) is 4.79 Å². The summed E-state index contributed by atoms with van der Waals surface area (Å²) in [6.45, 7) is 8.25. The molecule has 0 amide bonds. The SMILES string of the molecule is CC(C)=C/C=C/[C@@]1(C)CCC[C@H](C)C1=O. The van der Waals surface area contributed by atoms with Gasteiger partial charge in [0.2, 0.25) is 0 Å². The van der Waals surface area contributed by atoms with E-state index >= 15 is 0 Å². The zero-order valence-corrected chi connectivity index (χ0v) is 10.3. The maximum atomic E-state index is 12.1. The molecule has 0 unspecified atom stereocenters. The molecule has 0 aromatic heterocycles. The first kappa shape index (κ1) is 12.2. The Balaban J connectivity index is 2.77. The molecule has 0 aromatic rings. The molecule has 2 atom stereocenters. The molecule has 0 bridgehead atoms. The average Bonchev–Trinajstić information content (AvgIpc) is 2.14. The molecule has 0 saturated heterocycles. The minimum absolute atomic E-state index is 0.219. The Morgan fingerprint density at radius 1 is 1.47 bits per heavy atom. The Bertz CT molecular complexity index is 294. The fourth-order valence-electron chi connectivity index (χ4n) is 2.21. The fraction of sp³-hybridized carbons (Fsp3) is 0.643. The lowest BCUT2D eigenvalue weighted by atomic mass is 9.70. The van der Waals surface area contributed by atoms with Crippen LogP contribution < -0.4 is 0 Å². The van der Waals surface area contributed by atoms with E-state index < -0.39 is 0 Å². The highest BCUT2D eigenvalue weighted by atomic mass is 16.1. The highest BCUT2D eigenvalue weighted by Gasteiger charge is 2.36. The van der Waals surface area contributed by atoms with Crippen molar-refractivity contribution in [1.29, 1.82) is 0 Å². The van der Waals surface area contributed by atoms with Crippen LogP contribution in [0.25, 0.3) is 0 Å². The normalized spacial score (nSPS) is 32.0. The summed E-state index contributed by atoms with van der Waals surface area (Å²) in [5.41, 5.74) is 1.05. The number of hydrogen-bond acceptors (Lipinski definition) is 1. The predicted molar refractivity (Wildman–Crippen MR) is 64.7 cm³/mol. The van der Waals surface area contributed by atoms with Crippen LogP contribution in [0.5, 0.6) is 0 Å². The Morgan fingerprint density at radius 2 is 2.13 bits per heavy atom. The molecule has 0 spiro atoms. The fourth-order valence-corrected chi connectivity index (χ4v) is 2.21. The Kier molecular flexibility index (Phi) is 3.90. The van der Waals surface area contributed by atoms with Gasteiger partial charge in [0.1, 0.15) is 5.78 Å². The van der Waals surface area contributed by atoms with Gasteiger partial charge in [0.25, 0.3) is 0 Å². The van der Waals surface area contributed by atoms with Gasteiger partial charge in [0.15, 0.2) is 0 Å². The maximum Gasteiger partial charge on any atom is 0.145 e. The van der Waals surface area contributed by atoms with Gasteiger partial charge in [-0.15, -0.1) is 0 Å². The lowest BCUT2D eigenvalue weighted by molar-refractivity contribution is -0.131. The molecule has 0 N–H and O–H groups in total. The number of carbonyl (C=O) groups is 1. The number of carbonyl (C=O) groups excluding carboxylic acids is 1. The summed E-state index contributed by atoms with van der Waals surface area (Å²) < 4.78 is 0. The van der Waals surface area contributed by atoms with Gasteiger partial charge < -0.3 is 0 Å². The minimum Gasteiger partial charge on any atom is -0.298 e. The van der Waals surface area contributed by atoms with Crippen LogP contribution in [0.4, 0.5) is 0 Å². The number of Topliss-reactive ketones (excluding diaryl/α,β-unsaturated/α-hetero) is 1. The first-order valence-corrected chi connectivity index (χ1v) is 5.83. The third-order valence-corrected chi connectivity index (χ3v) is 3.24. The van der Waals surface area contributed by atoms with Crippen LogP contribution in [0.15, 0.2) is 23.8 Å². The van der Waals surface area contributed by atoms with Crippen molar-refractivity contribution in [1.82, 2.24) is 0 Å². The zero-order chi connectivity index (χ0) is 11.5. The monoisotopic (exact) mass is 206 g/mol. The molecule has 0 aliphatic heterocycles. The number of hydrogen-bond donors (Lipinski definition) is 0. The third kappa shape index (κ3) is 3.05. The minimum atomic E-state index is -0.219. The molecule has 15 heavy (non-hydrogen) atoms. The van der Waals surface area contributed by atoms with Crippen molar-refractivity contribution in [3.05, 3.63) is 23.8 Å². The van der Waals surface area contributed by atoms with Gasteiger partial charge in [-0.05, 0) is 33.6 Å². The summed E-state index contributed by atoms with van der Waals surface area (Å²) in [6, 6.07) is 0. The van der Waals surface area contributed by atoms with E-state index in [2.05, 4.69) is 39.8 Å². The van der Waals surface area contributed by atoms with Gasteiger partial charge in [-0.2, -0.15) is 0 Å². The molecule has 1 nitrogen and oxygen atoms in total. The van der Waals surface area contributed by atoms with E-state index in [-0.39, 0.29) is 11.3 Å². The molecule has 0 aromatic carbocycles. The predicted octanol–water partition coefficient (Wildman–Crippen LogP) is 3.90. The van der Waals surface area contributed by atoms with Crippen molar-refractivity contribution in [2.24, 2.45) is 11.3 Å². The van der Waals surface area contributed by atoms with Crippen LogP contribution in [0.3, 0.4) is 0 Å². The lowest BCUT2D eigenvalue weighted by Crippen LogP contribution is -2.34. The molecule has 0 heterocycles. The van der Waals surface area contributed by atoms with Crippen LogP contribution >= 0.6 is 0 Å². The second-order valence-corrected chi connectivity index (χ2v) is 5.18. The van der Waals surface area contributed by atoms with Crippen molar-refractivity contribution < 1.29 is 4.79 Å². The van der Waals surface area contributed by atoms with Crippen molar-refractivity contribution in [3.63, 3.8) is 0 Å². The second kappa shape index (κ2) is 4.78. The van der Waals surface area contributed by atoms with Gasteiger partial charge in [-0.1, -0.05) is 37.1 Å². The largest absolute Gasteiger partial charge is 0.298 e. The Hall–Kier alpha value is -0.850. The molecule has 1 aliphatic rings. The Morgan fingerprint density at radius 3 is 2.73 bits per heavy atom. The molecule has 1 heteroatoms. The molecule has 1 fully saturated rings. The van der Waals surface area contributed by atoms with Crippen molar-refractivity contribution in [2.75, 3.05) is 0 Å². The zero-order valence-electron chi connectivity index (χ0n) is 10.3. The molecular weight excluding hydrogens is 184 g/mol. The van der Waals surface area contributed by atoms with E-state index in [0.717, 1.165) is 12.8 Å². The molecule has 84 valence electrons. The van der Waals surface area contributed by atoms with Crippen LogP contribution in [0, 0.1) is 11.3 Å². The number of ketones is 1. The number of allylic oxidation sites excluding steroid dienone is 4. The van der Waals surface area contributed by atoms with Crippen molar-refractivity contribution in [3.8, 4) is 0 Å². The molecule has 0 radical (unpaired) electrons. The van der Waals surface area contributed by atoms with Crippen LogP contribution in [0.1, 0.15) is 47.0 Å². The van der Waals surface area contributed by atoms with Gasteiger partial charge in [0.05, 0.1) is 0 Å². The quantitative estimate of drug-likeness (QED) is 0.626. The van der Waals surface area contributed by atoms with E-state index in [4.69, 9.17) is 0 Å². The summed E-state index contributed by atoms with van der Waals surface area (Å²) in [6.07, 6.45) is 9.41. The topological polar surface area (TPSA) is 17.1 Å². The van der Waals surface area contributed by atoms with Gasteiger partial charge in [0, 0.05) is 11.3 Å². The summed E-state index contributed by atoms with van der Waals surface area (Å²) >= 11 is 0. The summed E-state index contributed by atoms with van der Waals surface area (Å²) in [5.74, 6) is 0.646. The number of rotatable bonds is 2. The van der Waals surface area contributed by atoms with Crippen molar-refractivity contribution in [2.45, 2.75) is 47.0 Å². The third-order valence-electron chi connectivity index (χ3n) is 3.24. The molecule has 1 rings (SSSR count). The van der Waals surface area contributed by atoms with E-state index in [1.165, 1.54) is 12.0 Å².